The molecule has 446 valence electrons. The number of hydrogen-bond acceptors (Lipinski definition) is 8. The van der Waals surface area contributed by atoms with Crippen molar-refractivity contribution in [2.75, 3.05) is 47.5 Å². The van der Waals surface area contributed by atoms with Crippen LogP contribution in [0.4, 0.5) is 0 Å². The highest BCUT2D eigenvalue weighted by Gasteiger charge is 2.22. The highest BCUT2D eigenvalue weighted by atomic mass is 16.7. The van der Waals surface area contributed by atoms with Gasteiger partial charge in [0.2, 0.25) is 0 Å². The third kappa shape index (κ3) is 59.8. The van der Waals surface area contributed by atoms with Crippen molar-refractivity contribution in [1.82, 2.24) is 0 Å². The van der Waals surface area contributed by atoms with Crippen molar-refractivity contribution in [2.45, 2.75) is 360 Å². The predicted octanol–water partition coefficient (Wildman–Crippen LogP) is 18.6. The van der Waals surface area contributed by atoms with E-state index in [-0.39, 0.29) is 32.2 Å². The zero-order valence-corrected chi connectivity index (χ0v) is 51.0. The Morgan fingerprint density at radius 1 is 0.347 bits per heavy atom. The minimum Gasteiger partial charge on any atom is -0.545 e. The van der Waals surface area contributed by atoms with Gasteiger partial charge in [0.25, 0.3) is 0 Å². The van der Waals surface area contributed by atoms with Gasteiger partial charge in [-0.05, 0) is 12.8 Å². The number of carbonyl (C=O) groups is 3. The summed E-state index contributed by atoms with van der Waals surface area (Å²) in [5, 5.41) is 11.8. The molecular weight excluding hydrogens is 935 g/mol. The number of carboxylic acids is 1. The highest BCUT2D eigenvalue weighted by molar-refractivity contribution is 5.70. The van der Waals surface area contributed by atoms with Gasteiger partial charge in [0.1, 0.15) is 13.2 Å². The summed E-state index contributed by atoms with van der Waals surface area (Å²) in [6.45, 7) is 4.83. The van der Waals surface area contributed by atoms with Crippen LogP contribution in [-0.2, 0) is 33.3 Å². The van der Waals surface area contributed by atoms with E-state index in [0.29, 0.717) is 17.4 Å². The molecule has 0 rings (SSSR count). The van der Waals surface area contributed by atoms with Crippen molar-refractivity contribution < 1.29 is 42.9 Å². The molecule has 0 aromatic heterocycles. The first kappa shape index (κ1) is 73.3. The number of unbranched alkanes of at least 4 members (excludes halogenated alkanes) is 48. The van der Waals surface area contributed by atoms with Gasteiger partial charge in [-0.2, -0.15) is 0 Å². The van der Waals surface area contributed by atoms with Gasteiger partial charge in [-0.3, -0.25) is 9.59 Å². The summed E-state index contributed by atoms with van der Waals surface area (Å²) in [6, 6.07) is 0. The molecule has 75 heavy (non-hydrogen) atoms. The van der Waals surface area contributed by atoms with E-state index in [9.17, 15) is 19.5 Å². The van der Waals surface area contributed by atoms with Gasteiger partial charge in [0.05, 0.1) is 40.3 Å². The number of ether oxygens (including phenoxy) is 4. The minimum absolute atomic E-state index is 0.153. The fourth-order valence-corrected chi connectivity index (χ4v) is 10.2. The highest BCUT2D eigenvalue weighted by Crippen LogP contribution is 2.19. The molecule has 2 atom stereocenters. The van der Waals surface area contributed by atoms with E-state index in [1.54, 1.807) is 0 Å². The molecule has 2 unspecified atom stereocenters. The normalized spacial score (nSPS) is 12.6. The first-order chi connectivity index (χ1) is 36.6. The van der Waals surface area contributed by atoms with Crippen LogP contribution in [-0.4, -0.2) is 82.3 Å². The third-order valence-electron chi connectivity index (χ3n) is 15.4. The zero-order chi connectivity index (χ0) is 54.8. The number of hydrogen-bond donors (Lipinski definition) is 0. The summed E-state index contributed by atoms with van der Waals surface area (Å²) in [6.07, 6.45) is 64.7. The molecule has 0 N–H and O–H groups in total. The van der Waals surface area contributed by atoms with Crippen LogP contribution in [0.3, 0.4) is 0 Å². The van der Waals surface area contributed by atoms with Gasteiger partial charge in [-0.25, -0.2) is 0 Å². The van der Waals surface area contributed by atoms with Crippen LogP contribution < -0.4 is 5.11 Å². The largest absolute Gasteiger partial charge is 0.545 e. The van der Waals surface area contributed by atoms with Crippen molar-refractivity contribution >= 4 is 17.9 Å². The zero-order valence-electron chi connectivity index (χ0n) is 51.0. The molecule has 0 fully saturated rings. The fourth-order valence-electron chi connectivity index (χ4n) is 10.2. The average molecular weight is 1060 g/mol. The minimum atomic E-state index is -1.61. The number of carbonyl (C=O) groups excluding carboxylic acids is 3. The van der Waals surface area contributed by atoms with Gasteiger partial charge in [0.15, 0.2) is 12.4 Å². The Morgan fingerprint density at radius 2 is 0.600 bits per heavy atom. The predicted molar refractivity (Wildman–Crippen MR) is 316 cm³/mol. The molecule has 9 nitrogen and oxygen atoms in total. The van der Waals surface area contributed by atoms with Crippen molar-refractivity contribution in [3.05, 3.63) is 0 Å². The van der Waals surface area contributed by atoms with Crippen LogP contribution in [0, 0.1) is 0 Å². The van der Waals surface area contributed by atoms with Gasteiger partial charge in [-0.15, -0.1) is 0 Å². The molecule has 0 spiro atoms. The maximum atomic E-state index is 12.9. The maximum absolute atomic E-state index is 12.9. The number of nitrogens with zero attached hydrogens (tertiary/aromatic N) is 1. The van der Waals surface area contributed by atoms with E-state index in [1.165, 1.54) is 283 Å². The number of carboxylic acid groups (broad SMARTS) is 1. The lowest BCUT2D eigenvalue weighted by molar-refractivity contribution is -0.870. The monoisotopic (exact) mass is 1060 g/mol. The molecule has 0 heterocycles. The Kier molecular flexibility index (Phi) is 57.1. The molecule has 0 saturated carbocycles. The molecule has 9 heteroatoms. The number of esters is 2. The average Bonchev–Trinajstić information content (AvgIpc) is 3.38. The second kappa shape index (κ2) is 58.4. The van der Waals surface area contributed by atoms with E-state index in [2.05, 4.69) is 13.8 Å². The number of rotatable bonds is 63. The Morgan fingerprint density at radius 3 is 0.853 bits per heavy atom. The van der Waals surface area contributed by atoms with E-state index in [1.807, 2.05) is 21.1 Å². The second-order valence-corrected chi connectivity index (χ2v) is 24.1. The topological polar surface area (TPSA) is 111 Å². The number of aliphatic carboxylic acids is 1. The van der Waals surface area contributed by atoms with Gasteiger partial charge in [-0.1, -0.05) is 322 Å². The van der Waals surface area contributed by atoms with E-state index >= 15 is 0 Å². The molecule has 0 amide bonds. The molecule has 0 bridgehead atoms. The molecule has 0 aromatic rings. The van der Waals surface area contributed by atoms with Gasteiger partial charge in [0, 0.05) is 12.8 Å². The van der Waals surface area contributed by atoms with Crippen LogP contribution in [0.1, 0.15) is 348 Å². The standard InChI is InChI=1S/C66H129NO8/c1-6-8-10-12-14-16-18-20-22-24-26-27-28-29-30-31-32-33-34-35-36-37-38-39-41-43-45-47-49-51-53-55-57-64(69)75-62(61-74-66(65(70)71)72-59-58-67(3,4)5)60-73-63(68)56-54-52-50-48-46-44-42-40-25-23-21-19-17-15-13-11-9-7-2/h62,66H,6-61H2,1-5H3. The SMILES string of the molecule is CCCCCCCCCCCCCCCCCCCCCCCCCCCCCCCCCCC(=O)OC(COC(=O)CCCCCCCCCCCCCCCCCCCC)COC(OCC[N+](C)(C)C)C(=O)[O-]. The molecule has 0 saturated heterocycles. The Balaban J connectivity index is 4.03. The first-order valence-electron chi connectivity index (χ1n) is 33.2. The molecule has 0 aliphatic heterocycles. The third-order valence-corrected chi connectivity index (χ3v) is 15.4. The van der Waals surface area contributed by atoms with Gasteiger partial charge >= 0.3 is 11.9 Å². The summed E-state index contributed by atoms with van der Waals surface area (Å²) in [5.41, 5.74) is 0. The van der Waals surface area contributed by atoms with Crippen LogP contribution in [0.25, 0.3) is 0 Å². The summed E-state index contributed by atoms with van der Waals surface area (Å²) >= 11 is 0. The maximum Gasteiger partial charge on any atom is 0.306 e. The van der Waals surface area contributed by atoms with Gasteiger partial charge < -0.3 is 33.3 Å². The molecule has 0 aliphatic carbocycles. The number of likely N-dealkylation sites (N-methyl/N-ethyl adjacent to an activating group) is 1. The molecule has 0 radical (unpaired) electrons. The van der Waals surface area contributed by atoms with Crippen molar-refractivity contribution in [3.8, 4) is 0 Å². The van der Waals surface area contributed by atoms with E-state index < -0.39 is 24.3 Å². The van der Waals surface area contributed by atoms with Crippen LogP contribution in [0.2, 0.25) is 0 Å². The lowest BCUT2D eigenvalue weighted by Gasteiger charge is -2.26. The van der Waals surface area contributed by atoms with Crippen LogP contribution in [0.15, 0.2) is 0 Å². The van der Waals surface area contributed by atoms with E-state index in [0.717, 1.165) is 38.5 Å². The van der Waals surface area contributed by atoms with Crippen molar-refractivity contribution in [2.24, 2.45) is 0 Å². The molecule has 0 aliphatic rings. The van der Waals surface area contributed by atoms with Crippen LogP contribution >= 0.6 is 0 Å². The first-order valence-corrected chi connectivity index (χ1v) is 33.2. The lowest BCUT2D eigenvalue weighted by Crippen LogP contribution is -2.44. The number of quaternary nitrogens is 1. The smallest absolute Gasteiger partial charge is 0.306 e. The van der Waals surface area contributed by atoms with Crippen LogP contribution in [0.5, 0.6) is 0 Å². The van der Waals surface area contributed by atoms with Crippen molar-refractivity contribution in [3.63, 3.8) is 0 Å². The quantitative estimate of drug-likeness (QED) is 0.0256. The Bertz CT molecular complexity index is 1190. The second-order valence-electron chi connectivity index (χ2n) is 24.1. The summed E-state index contributed by atoms with van der Waals surface area (Å²) < 4.78 is 22.8. The Hall–Kier alpha value is -1.71. The summed E-state index contributed by atoms with van der Waals surface area (Å²) in [5.74, 6) is -2.25. The molecule has 0 aromatic carbocycles. The summed E-state index contributed by atoms with van der Waals surface area (Å²) in [7, 11) is 5.94. The lowest BCUT2D eigenvalue weighted by atomic mass is 10.0. The molecular formula is C66H129NO8. The van der Waals surface area contributed by atoms with E-state index in [4.69, 9.17) is 18.9 Å². The summed E-state index contributed by atoms with van der Waals surface area (Å²) in [4.78, 5) is 37.4. The Labute approximate surface area is 466 Å². The van der Waals surface area contributed by atoms with Crippen molar-refractivity contribution in [1.29, 1.82) is 0 Å². The fraction of sp³-hybridized carbons (Fsp3) is 0.955.